The Hall–Kier alpha value is -1.13. The van der Waals surface area contributed by atoms with E-state index in [-0.39, 0.29) is 6.04 Å². The standard InChI is InChI=1S/C15H27N3O/c1-9(2)11(4)14(18-16)7-13-12(5)15(19-6)10(3)8-17-13/h8-9,11,14,18H,7,16H2,1-6H3. The van der Waals surface area contributed by atoms with E-state index in [1.165, 1.54) is 0 Å². The number of nitrogens with one attached hydrogen (secondary N) is 1. The summed E-state index contributed by atoms with van der Waals surface area (Å²) in [6.07, 6.45) is 2.69. The van der Waals surface area contributed by atoms with Crippen LogP contribution in [0.4, 0.5) is 0 Å². The molecule has 3 N–H and O–H groups in total. The molecule has 1 aromatic rings. The molecule has 1 heterocycles. The quantitative estimate of drug-likeness (QED) is 0.612. The van der Waals surface area contributed by atoms with Gasteiger partial charge in [0.25, 0.3) is 0 Å². The lowest BCUT2D eigenvalue weighted by Crippen LogP contribution is -2.43. The van der Waals surface area contributed by atoms with Crippen LogP contribution in [0.2, 0.25) is 0 Å². The van der Waals surface area contributed by atoms with Crippen LogP contribution >= 0.6 is 0 Å². The molecule has 0 saturated carbocycles. The summed E-state index contributed by atoms with van der Waals surface area (Å²) in [5.41, 5.74) is 6.16. The Morgan fingerprint density at radius 3 is 2.42 bits per heavy atom. The van der Waals surface area contributed by atoms with Gasteiger partial charge >= 0.3 is 0 Å². The lowest BCUT2D eigenvalue weighted by atomic mass is 9.87. The monoisotopic (exact) mass is 265 g/mol. The van der Waals surface area contributed by atoms with Crippen molar-refractivity contribution >= 4 is 0 Å². The third-order valence-electron chi connectivity index (χ3n) is 4.06. The highest BCUT2D eigenvalue weighted by atomic mass is 16.5. The zero-order valence-corrected chi connectivity index (χ0v) is 12.9. The second kappa shape index (κ2) is 6.87. The Morgan fingerprint density at radius 2 is 1.95 bits per heavy atom. The minimum Gasteiger partial charge on any atom is -0.496 e. The van der Waals surface area contributed by atoms with Gasteiger partial charge in [-0.2, -0.15) is 0 Å². The second-order valence-corrected chi connectivity index (χ2v) is 5.63. The molecule has 0 fully saturated rings. The van der Waals surface area contributed by atoms with Crippen molar-refractivity contribution in [3.05, 3.63) is 23.0 Å². The van der Waals surface area contributed by atoms with E-state index < -0.39 is 0 Å². The van der Waals surface area contributed by atoms with Crippen molar-refractivity contribution in [2.24, 2.45) is 17.7 Å². The minimum atomic E-state index is 0.221. The summed E-state index contributed by atoms with van der Waals surface area (Å²) in [4.78, 5) is 4.54. The molecular weight excluding hydrogens is 238 g/mol. The van der Waals surface area contributed by atoms with E-state index in [2.05, 4.69) is 38.1 Å². The van der Waals surface area contributed by atoms with Gasteiger partial charge in [-0.15, -0.1) is 0 Å². The molecule has 0 aliphatic heterocycles. The van der Waals surface area contributed by atoms with E-state index in [0.717, 1.165) is 29.0 Å². The number of hydrogen-bond acceptors (Lipinski definition) is 4. The summed E-state index contributed by atoms with van der Waals surface area (Å²) < 4.78 is 5.45. The summed E-state index contributed by atoms with van der Waals surface area (Å²) in [6.45, 7) is 10.7. The number of aryl methyl sites for hydroxylation is 1. The Kier molecular flexibility index (Phi) is 5.76. The fourth-order valence-electron chi connectivity index (χ4n) is 2.35. The van der Waals surface area contributed by atoms with Crippen LogP contribution in [0.25, 0.3) is 0 Å². The fraction of sp³-hybridized carbons (Fsp3) is 0.667. The van der Waals surface area contributed by atoms with Gasteiger partial charge in [-0.05, 0) is 25.7 Å². The molecule has 1 rings (SSSR count). The van der Waals surface area contributed by atoms with Crippen LogP contribution in [0, 0.1) is 25.7 Å². The minimum absolute atomic E-state index is 0.221. The summed E-state index contributed by atoms with van der Waals surface area (Å²) >= 11 is 0. The first-order chi connectivity index (χ1) is 8.92. The molecule has 2 atom stereocenters. The molecule has 4 heteroatoms. The molecule has 0 aromatic carbocycles. The van der Waals surface area contributed by atoms with E-state index >= 15 is 0 Å². The lowest BCUT2D eigenvalue weighted by molar-refractivity contribution is 0.297. The van der Waals surface area contributed by atoms with Crippen LogP contribution in [-0.2, 0) is 6.42 Å². The number of pyridine rings is 1. The molecule has 0 bridgehead atoms. The molecular formula is C15H27N3O. The second-order valence-electron chi connectivity index (χ2n) is 5.63. The number of aromatic nitrogens is 1. The van der Waals surface area contributed by atoms with E-state index in [4.69, 9.17) is 10.6 Å². The van der Waals surface area contributed by atoms with Crippen molar-refractivity contribution in [2.45, 2.75) is 47.1 Å². The first-order valence-electron chi connectivity index (χ1n) is 6.87. The van der Waals surface area contributed by atoms with Gasteiger partial charge in [0, 0.05) is 35.5 Å². The van der Waals surface area contributed by atoms with Crippen LogP contribution in [0.5, 0.6) is 5.75 Å². The number of hydrazine groups is 1. The number of nitrogens with zero attached hydrogens (tertiary/aromatic N) is 1. The SMILES string of the molecule is COc1c(C)cnc(CC(NN)C(C)C(C)C)c1C. The molecule has 2 unspecified atom stereocenters. The zero-order chi connectivity index (χ0) is 14.6. The Labute approximate surface area is 116 Å². The molecule has 0 radical (unpaired) electrons. The molecule has 19 heavy (non-hydrogen) atoms. The van der Waals surface area contributed by atoms with Crippen molar-refractivity contribution in [3.8, 4) is 5.75 Å². The van der Waals surface area contributed by atoms with Crippen molar-refractivity contribution in [2.75, 3.05) is 7.11 Å². The average Bonchev–Trinajstić information content (AvgIpc) is 2.38. The zero-order valence-electron chi connectivity index (χ0n) is 12.9. The molecule has 0 amide bonds. The van der Waals surface area contributed by atoms with Crippen LogP contribution < -0.4 is 16.0 Å². The number of ether oxygens (including phenoxy) is 1. The predicted molar refractivity (Wildman–Crippen MR) is 79.1 cm³/mol. The van der Waals surface area contributed by atoms with Gasteiger partial charge in [-0.3, -0.25) is 16.3 Å². The van der Waals surface area contributed by atoms with Gasteiger partial charge in [0.2, 0.25) is 0 Å². The number of hydrogen-bond donors (Lipinski definition) is 2. The average molecular weight is 265 g/mol. The van der Waals surface area contributed by atoms with Crippen molar-refractivity contribution < 1.29 is 4.74 Å². The molecule has 0 aliphatic rings. The van der Waals surface area contributed by atoms with Gasteiger partial charge in [-0.25, -0.2) is 0 Å². The first kappa shape index (κ1) is 15.9. The largest absolute Gasteiger partial charge is 0.496 e. The summed E-state index contributed by atoms with van der Waals surface area (Å²) in [5, 5.41) is 0. The van der Waals surface area contributed by atoms with Crippen LogP contribution in [-0.4, -0.2) is 18.1 Å². The smallest absolute Gasteiger partial charge is 0.128 e. The first-order valence-corrected chi connectivity index (χ1v) is 6.87. The van der Waals surface area contributed by atoms with Crippen molar-refractivity contribution in [1.82, 2.24) is 10.4 Å². The van der Waals surface area contributed by atoms with Gasteiger partial charge in [0.1, 0.15) is 5.75 Å². The molecule has 0 spiro atoms. The fourth-order valence-corrected chi connectivity index (χ4v) is 2.35. The molecule has 108 valence electrons. The highest BCUT2D eigenvalue weighted by molar-refractivity contribution is 5.41. The highest BCUT2D eigenvalue weighted by Crippen LogP contribution is 2.26. The van der Waals surface area contributed by atoms with Gasteiger partial charge in [-0.1, -0.05) is 20.8 Å². The Balaban J connectivity index is 2.98. The van der Waals surface area contributed by atoms with Gasteiger partial charge in [0.15, 0.2) is 0 Å². The Morgan fingerprint density at radius 1 is 1.32 bits per heavy atom. The number of methoxy groups -OCH3 is 1. The van der Waals surface area contributed by atoms with Crippen LogP contribution in [0.1, 0.15) is 37.6 Å². The Bertz CT molecular complexity index is 418. The third kappa shape index (κ3) is 3.67. The topological polar surface area (TPSA) is 60.2 Å². The maximum atomic E-state index is 5.70. The van der Waals surface area contributed by atoms with E-state index in [0.29, 0.717) is 11.8 Å². The van der Waals surface area contributed by atoms with Crippen LogP contribution in [0.15, 0.2) is 6.20 Å². The predicted octanol–water partition coefficient (Wildman–Crippen LogP) is 2.37. The normalized spacial score (nSPS) is 14.5. The van der Waals surface area contributed by atoms with E-state index in [9.17, 15) is 0 Å². The van der Waals surface area contributed by atoms with E-state index in [1.54, 1.807) is 7.11 Å². The van der Waals surface area contributed by atoms with E-state index in [1.807, 2.05) is 13.1 Å². The maximum Gasteiger partial charge on any atom is 0.128 e. The number of rotatable bonds is 6. The van der Waals surface area contributed by atoms with Crippen molar-refractivity contribution in [3.63, 3.8) is 0 Å². The molecule has 1 aromatic heterocycles. The van der Waals surface area contributed by atoms with Gasteiger partial charge in [0.05, 0.1) is 7.11 Å². The van der Waals surface area contributed by atoms with Crippen LogP contribution in [0.3, 0.4) is 0 Å². The maximum absolute atomic E-state index is 5.70. The molecule has 4 nitrogen and oxygen atoms in total. The summed E-state index contributed by atoms with van der Waals surface area (Å²) in [7, 11) is 1.70. The summed E-state index contributed by atoms with van der Waals surface area (Å²) in [6, 6.07) is 0.221. The lowest BCUT2D eigenvalue weighted by Gasteiger charge is -2.27. The highest BCUT2D eigenvalue weighted by Gasteiger charge is 2.21. The third-order valence-corrected chi connectivity index (χ3v) is 4.06. The molecule has 0 aliphatic carbocycles. The molecule has 0 saturated heterocycles. The summed E-state index contributed by atoms with van der Waals surface area (Å²) in [5.74, 6) is 7.69. The van der Waals surface area contributed by atoms with Gasteiger partial charge < -0.3 is 4.74 Å². The number of nitrogens with two attached hydrogens (primary N) is 1. The van der Waals surface area contributed by atoms with Crippen molar-refractivity contribution in [1.29, 1.82) is 0 Å².